The topological polar surface area (TPSA) is 86.7 Å². The summed E-state index contributed by atoms with van der Waals surface area (Å²) in [4.78, 5) is 0. The lowest BCUT2D eigenvalue weighted by atomic mass is 9.72. The van der Waals surface area contributed by atoms with Crippen LogP contribution in [0.4, 0.5) is 0 Å². The minimum absolute atomic E-state index is 0.219. The molecule has 2 aliphatic rings. The molecular formula is C22H34N2O4. The van der Waals surface area contributed by atoms with E-state index in [9.17, 15) is 20.6 Å². The molecule has 0 aromatic carbocycles. The van der Waals surface area contributed by atoms with Crippen LogP contribution in [0.15, 0.2) is 0 Å². The van der Waals surface area contributed by atoms with Gasteiger partial charge in [-0.3, -0.25) is 0 Å². The van der Waals surface area contributed by atoms with E-state index in [1.165, 1.54) is 0 Å². The molecule has 28 heavy (non-hydrogen) atoms. The standard InChI is InChI=1S/C22H34N2O4/c1-17(2)13-21(25,14-18(3,4)23(17)27)11-9-10-12-22(26)15-19(5,6)24(28)20(7,8)16-22/h25-26H,13-16H2,1-8H3. The third kappa shape index (κ3) is 4.54. The molecule has 2 aliphatic heterocycles. The predicted molar refractivity (Wildman–Crippen MR) is 105 cm³/mol. The number of piperidine rings is 2. The van der Waals surface area contributed by atoms with E-state index >= 15 is 0 Å². The van der Waals surface area contributed by atoms with E-state index in [2.05, 4.69) is 23.7 Å². The summed E-state index contributed by atoms with van der Waals surface area (Å²) in [5.74, 6) is 11.0. The Morgan fingerprint density at radius 3 is 1.00 bits per heavy atom. The maximum atomic E-state index is 12.5. The molecule has 0 aliphatic carbocycles. The van der Waals surface area contributed by atoms with Crippen molar-refractivity contribution in [1.82, 2.24) is 10.1 Å². The van der Waals surface area contributed by atoms with Crippen LogP contribution in [0.1, 0.15) is 81.1 Å². The van der Waals surface area contributed by atoms with Gasteiger partial charge in [-0.1, -0.05) is 11.8 Å². The first-order valence-corrected chi connectivity index (χ1v) is 9.79. The zero-order valence-corrected chi connectivity index (χ0v) is 18.4. The summed E-state index contributed by atoms with van der Waals surface area (Å²) in [5, 5.41) is 48.9. The summed E-state index contributed by atoms with van der Waals surface area (Å²) in [6, 6.07) is 0. The van der Waals surface area contributed by atoms with Crippen molar-refractivity contribution in [3.63, 3.8) is 0 Å². The average molecular weight is 391 g/mol. The number of rotatable bonds is 0. The van der Waals surface area contributed by atoms with Crippen LogP contribution in [0.2, 0.25) is 0 Å². The molecule has 2 heterocycles. The highest BCUT2D eigenvalue weighted by atomic mass is 16.5. The molecule has 2 fully saturated rings. The number of nitrogens with zero attached hydrogens (tertiary/aromatic N) is 2. The van der Waals surface area contributed by atoms with Crippen LogP contribution in [-0.2, 0) is 10.4 Å². The molecule has 156 valence electrons. The molecule has 0 aromatic heterocycles. The van der Waals surface area contributed by atoms with Gasteiger partial charge >= 0.3 is 0 Å². The fourth-order valence-corrected chi connectivity index (χ4v) is 5.39. The number of hydrogen-bond acceptors (Lipinski definition) is 4. The summed E-state index contributed by atoms with van der Waals surface area (Å²) in [7, 11) is 0. The lowest BCUT2D eigenvalue weighted by Gasteiger charge is -2.51. The third-order valence-corrected chi connectivity index (χ3v) is 5.75. The molecule has 0 amide bonds. The molecule has 0 unspecified atom stereocenters. The highest BCUT2D eigenvalue weighted by Crippen LogP contribution is 2.43. The van der Waals surface area contributed by atoms with E-state index < -0.39 is 33.4 Å². The fraction of sp³-hybridized carbons (Fsp3) is 0.818. The zero-order valence-electron chi connectivity index (χ0n) is 18.4. The lowest BCUT2D eigenvalue weighted by Crippen LogP contribution is -2.63. The molecular weight excluding hydrogens is 356 g/mol. The van der Waals surface area contributed by atoms with Crippen LogP contribution in [-0.4, -0.2) is 53.7 Å². The number of aliphatic hydroxyl groups is 2. The minimum atomic E-state index is -1.32. The minimum Gasteiger partial charge on any atom is -0.377 e. The van der Waals surface area contributed by atoms with Gasteiger partial charge in [0.05, 0.1) is 0 Å². The number of hydrogen-bond donors (Lipinski definition) is 2. The van der Waals surface area contributed by atoms with Gasteiger partial charge in [0, 0.05) is 47.8 Å². The smallest absolute Gasteiger partial charge is 0.130 e. The van der Waals surface area contributed by atoms with Gasteiger partial charge in [-0.2, -0.15) is 0 Å². The van der Waals surface area contributed by atoms with E-state index in [1.807, 2.05) is 0 Å². The maximum Gasteiger partial charge on any atom is 0.130 e. The molecule has 6 heteroatoms. The molecule has 0 saturated carbocycles. The SMILES string of the molecule is CC1(C)CC(O)(C#CC#CC2(O)CC(C)(C)N([O])C(C)(C)C2)CC(C)(C)N1[O]. The summed E-state index contributed by atoms with van der Waals surface area (Å²) in [5.41, 5.74) is -5.61. The van der Waals surface area contributed by atoms with Crippen molar-refractivity contribution >= 4 is 0 Å². The maximum absolute atomic E-state index is 12.5. The summed E-state index contributed by atoms with van der Waals surface area (Å²) >= 11 is 0. The first kappa shape index (κ1) is 23.2. The fourth-order valence-electron chi connectivity index (χ4n) is 5.39. The Morgan fingerprint density at radius 1 is 0.571 bits per heavy atom. The molecule has 6 nitrogen and oxygen atoms in total. The first-order chi connectivity index (χ1) is 12.3. The summed E-state index contributed by atoms with van der Waals surface area (Å²) in [6.07, 6.45) is 0.877. The molecule has 2 rings (SSSR count). The van der Waals surface area contributed by atoms with Crippen molar-refractivity contribution in [3.05, 3.63) is 0 Å². The van der Waals surface area contributed by atoms with Crippen LogP contribution in [0, 0.1) is 23.7 Å². The average Bonchev–Trinajstić information content (AvgIpc) is 2.45. The summed E-state index contributed by atoms with van der Waals surface area (Å²) < 4.78 is 0. The second-order valence-electron chi connectivity index (χ2n) is 11.1. The third-order valence-electron chi connectivity index (χ3n) is 5.75. The molecule has 0 aromatic rings. The Kier molecular flexibility index (Phi) is 5.55. The second kappa shape index (κ2) is 6.71. The van der Waals surface area contributed by atoms with Gasteiger partial charge in [-0.05, 0) is 67.2 Å². The Hall–Kier alpha value is -1.12. The van der Waals surface area contributed by atoms with Crippen molar-refractivity contribution in [2.24, 2.45) is 0 Å². The van der Waals surface area contributed by atoms with Crippen LogP contribution in [0.25, 0.3) is 0 Å². The van der Waals surface area contributed by atoms with Crippen molar-refractivity contribution in [2.75, 3.05) is 0 Å². The largest absolute Gasteiger partial charge is 0.377 e. The van der Waals surface area contributed by atoms with E-state index in [4.69, 9.17) is 0 Å². The van der Waals surface area contributed by atoms with Crippen molar-refractivity contribution in [3.8, 4) is 23.7 Å². The molecule has 2 saturated heterocycles. The molecule has 0 atom stereocenters. The van der Waals surface area contributed by atoms with Gasteiger partial charge in [-0.15, -0.1) is 20.5 Å². The normalized spacial score (nSPS) is 29.7. The highest BCUT2D eigenvalue weighted by molar-refractivity contribution is 5.35. The van der Waals surface area contributed by atoms with Crippen LogP contribution >= 0.6 is 0 Å². The van der Waals surface area contributed by atoms with Crippen molar-refractivity contribution in [2.45, 2.75) is 114 Å². The van der Waals surface area contributed by atoms with E-state index in [0.717, 1.165) is 10.1 Å². The van der Waals surface area contributed by atoms with Crippen LogP contribution in [0.3, 0.4) is 0 Å². The van der Waals surface area contributed by atoms with Gasteiger partial charge in [-0.25, -0.2) is 0 Å². The monoisotopic (exact) mass is 390 g/mol. The van der Waals surface area contributed by atoms with Gasteiger partial charge in [0.15, 0.2) is 0 Å². The van der Waals surface area contributed by atoms with Gasteiger partial charge in [0.1, 0.15) is 11.2 Å². The quantitative estimate of drug-likeness (QED) is 0.622. The molecule has 0 bridgehead atoms. The first-order valence-electron chi connectivity index (χ1n) is 9.79. The van der Waals surface area contributed by atoms with Gasteiger partial charge < -0.3 is 10.2 Å². The van der Waals surface area contributed by atoms with Crippen LogP contribution in [0.5, 0.6) is 0 Å². The highest BCUT2D eigenvalue weighted by Gasteiger charge is 2.53. The summed E-state index contributed by atoms with van der Waals surface area (Å²) in [6.45, 7) is 14.4. The van der Waals surface area contributed by atoms with Crippen molar-refractivity contribution < 1.29 is 20.6 Å². The molecule has 2 radical (unpaired) electrons. The predicted octanol–water partition coefficient (Wildman–Crippen LogP) is 2.45. The second-order valence-corrected chi connectivity index (χ2v) is 11.1. The Morgan fingerprint density at radius 2 is 0.786 bits per heavy atom. The Balaban J connectivity index is 2.25. The Bertz CT molecular complexity index is 646. The molecule has 2 N–H and O–H groups in total. The van der Waals surface area contributed by atoms with Crippen LogP contribution < -0.4 is 0 Å². The number of hydroxylamine groups is 4. The molecule has 0 spiro atoms. The zero-order chi connectivity index (χ0) is 21.8. The lowest BCUT2D eigenvalue weighted by molar-refractivity contribution is -0.305. The van der Waals surface area contributed by atoms with Gasteiger partial charge in [0.2, 0.25) is 0 Å². The van der Waals surface area contributed by atoms with E-state index in [1.54, 1.807) is 55.4 Å². The van der Waals surface area contributed by atoms with E-state index in [-0.39, 0.29) is 25.7 Å². The van der Waals surface area contributed by atoms with E-state index in [0.29, 0.717) is 0 Å². The Labute approximate surface area is 169 Å². The van der Waals surface area contributed by atoms with Gasteiger partial charge in [0.25, 0.3) is 0 Å². The van der Waals surface area contributed by atoms with Crippen molar-refractivity contribution in [1.29, 1.82) is 0 Å².